The van der Waals surface area contributed by atoms with Crippen LogP contribution < -0.4 is 10.2 Å². The number of rotatable bonds is 1. The van der Waals surface area contributed by atoms with Gasteiger partial charge in [0.25, 0.3) is 5.69 Å². The molecule has 0 bridgehead atoms. The zero-order chi connectivity index (χ0) is 20.4. The number of nitrogens with zero attached hydrogens (tertiary/aromatic N) is 3. The van der Waals surface area contributed by atoms with Crippen LogP contribution in [-0.2, 0) is 16.0 Å². The first-order chi connectivity index (χ1) is 13.1. The molecule has 148 valence electrons. The topological polar surface area (TPSA) is 113 Å². The number of imide groups is 2. The summed E-state index contributed by atoms with van der Waals surface area (Å²) in [7, 11) is 0. The normalized spacial score (nSPS) is 27.0. The molecular formula is C19H22N4O5. The molecule has 9 nitrogen and oxygen atoms in total. The van der Waals surface area contributed by atoms with E-state index in [0.717, 1.165) is 17.0 Å². The monoisotopic (exact) mass is 386 g/mol. The zero-order valence-electron chi connectivity index (χ0n) is 16.0. The van der Waals surface area contributed by atoms with Gasteiger partial charge in [-0.1, -0.05) is 0 Å². The lowest BCUT2D eigenvalue weighted by Crippen LogP contribution is -2.73. The molecule has 2 saturated heterocycles. The Kier molecular flexibility index (Phi) is 3.79. The van der Waals surface area contributed by atoms with Gasteiger partial charge in [0.2, 0.25) is 11.8 Å². The summed E-state index contributed by atoms with van der Waals surface area (Å²) in [5.41, 5.74) is -0.960. The summed E-state index contributed by atoms with van der Waals surface area (Å²) in [6, 6.07) is 3.47. The zero-order valence-corrected chi connectivity index (χ0v) is 16.0. The fourth-order valence-corrected chi connectivity index (χ4v) is 4.81. The minimum Gasteiger partial charge on any atom is -0.367 e. The average molecular weight is 386 g/mol. The number of urea groups is 1. The minimum absolute atomic E-state index is 0.0374. The van der Waals surface area contributed by atoms with Crippen molar-refractivity contribution >= 4 is 29.2 Å². The van der Waals surface area contributed by atoms with Crippen molar-refractivity contribution in [2.75, 3.05) is 11.4 Å². The highest BCUT2D eigenvalue weighted by Crippen LogP contribution is 2.49. The molecule has 0 radical (unpaired) electrons. The fraction of sp³-hybridized carbons (Fsp3) is 0.526. The van der Waals surface area contributed by atoms with E-state index in [4.69, 9.17) is 0 Å². The number of nitrogens with one attached hydrogen (secondary N) is 1. The lowest BCUT2D eigenvalue weighted by molar-refractivity contribution is -0.384. The Labute approximate surface area is 161 Å². The Balaban J connectivity index is 1.89. The molecule has 1 spiro atoms. The molecule has 0 saturated carbocycles. The van der Waals surface area contributed by atoms with E-state index in [1.807, 2.05) is 4.90 Å². The summed E-state index contributed by atoms with van der Waals surface area (Å²) in [6.07, 6.45) is 1.48. The molecule has 3 aliphatic heterocycles. The molecule has 3 heterocycles. The van der Waals surface area contributed by atoms with Gasteiger partial charge in [-0.15, -0.1) is 0 Å². The van der Waals surface area contributed by atoms with Gasteiger partial charge in [0.05, 0.1) is 11.0 Å². The van der Waals surface area contributed by atoms with Gasteiger partial charge in [-0.2, -0.15) is 0 Å². The first-order valence-corrected chi connectivity index (χ1v) is 9.31. The number of non-ortho nitro benzene ring substituents is 1. The van der Waals surface area contributed by atoms with E-state index in [2.05, 4.69) is 5.32 Å². The Hall–Kier alpha value is -2.97. The van der Waals surface area contributed by atoms with Crippen molar-refractivity contribution in [3.8, 4) is 0 Å². The molecule has 2 atom stereocenters. The largest absolute Gasteiger partial charge is 0.367 e. The van der Waals surface area contributed by atoms with E-state index in [-0.39, 0.29) is 18.2 Å². The maximum atomic E-state index is 13.6. The van der Waals surface area contributed by atoms with Crippen LogP contribution in [0.15, 0.2) is 18.2 Å². The fourth-order valence-electron chi connectivity index (χ4n) is 4.81. The summed E-state index contributed by atoms with van der Waals surface area (Å²) in [5, 5.41) is 13.6. The second-order valence-electron chi connectivity index (χ2n) is 8.64. The molecule has 0 unspecified atom stereocenters. The van der Waals surface area contributed by atoms with Crippen LogP contribution >= 0.6 is 0 Å². The Morgan fingerprint density at radius 2 is 1.96 bits per heavy atom. The van der Waals surface area contributed by atoms with Crippen LogP contribution in [0.3, 0.4) is 0 Å². The van der Waals surface area contributed by atoms with Crippen LogP contribution in [-0.4, -0.2) is 45.8 Å². The molecule has 9 heteroatoms. The number of carbonyl (C=O) groups is 3. The number of anilines is 1. The predicted molar refractivity (Wildman–Crippen MR) is 99.7 cm³/mol. The van der Waals surface area contributed by atoms with Gasteiger partial charge in [-0.05, 0) is 45.2 Å². The molecule has 1 N–H and O–H groups in total. The van der Waals surface area contributed by atoms with E-state index < -0.39 is 33.7 Å². The van der Waals surface area contributed by atoms with Gasteiger partial charge in [-0.25, -0.2) is 4.79 Å². The van der Waals surface area contributed by atoms with Gasteiger partial charge in [0.15, 0.2) is 5.41 Å². The third kappa shape index (κ3) is 2.35. The van der Waals surface area contributed by atoms with Crippen LogP contribution in [0.1, 0.15) is 39.2 Å². The van der Waals surface area contributed by atoms with Gasteiger partial charge < -0.3 is 4.90 Å². The molecule has 4 amide bonds. The maximum absolute atomic E-state index is 13.6. The molecule has 28 heavy (non-hydrogen) atoms. The van der Waals surface area contributed by atoms with Crippen molar-refractivity contribution in [2.45, 2.75) is 51.6 Å². The number of hydrogen-bond donors (Lipinski definition) is 1. The van der Waals surface area contributed by atoms with E-state index in [1.54, 1.807) is 26.8 Å². The highest BCUT2D eigenvalue weighted by molar-refractivity contribution is 6.20. The maximum Gasteiger partial charge on any atom is 0.331 e. The smallest absolute Gasteiger partial charge is 0.331 e. The third-order valence-electron chi connectivity index (χ3n) is 5.96. The van der Waals surface area contributed by atoms with Crippen molar-refractivity contribution in [3.05, 3.63) is 33.9 Å². The number of barbiturate groups is 1. The number of nitro benzene ring substituents is 1. The Morgan fingerprint density at radius 1 is 1.25 bits per heavy atom. The lowest BCUT2D eigenvalue weighted by atomic mass is 9.68. The van der Waals surface area contributed by atoms with Crippen LogP contribution in [0.25, 0.3) is 0 Å². The summed E-state index contributed by atoms with van der Waals surface area (Å²) in [4.78, 5) is 53.0. The van der Waals surface area contributed by atoms with Gasteiger partial charge in [0.1, 0.15) is 0 Å². The summed E-state index contributed by atoms with van der Waals surface area (Å²) in [5.74, 6) is -1.14. The molecule has 0 aliphatic carbocycles. The van der Waals surface area contributed by atoms with E-state index in [0.29, 0.717) is 18.5 Å². The molecule has 4 rings (SSSR count). The summed E-state index contributed by atoms with van der Waals surface area (Å²) in [6.45, 7) is 5.87. The molecular weight excluding hydrogens is 364 g/mol. The summed E-state index contributed by atoms with van der Waals surface area (Å²) < 4.78 is 0. The summed E-state index contributed by atoms with van der Waals surface area (Å²) >= 11 is 0. The van der Waals surface area contributed by atoms with Crippen LogP contribution in [0.2, 0.25) is 0 Å². The van der Waals surface area contributed by atoms with E-state index >= 15 is 0 Å². The van der Waals surface area contributed by atoms with Crippen molar-refractivity contribution in [1.29, 1.82) is 0 Å². The lowest BCUT2D eigenvalue weighted by Gasteiger charge is -2.51. The molecule has 3 aliphatic rings. The van der Waals surface area contributed by atoms with Crippen molar-refractivity contribution < 1.29 is 19.3 Å². The molecule has 1 aromatic rings. The van der Waals surface area contributed by atoms with Gasteiger partial charge in [0, 0.05) is 36.3 Å². The average Bonchev–Trinajstić information content (AvgIpc) is 3.08. The van der Waals surface area contributed by atoms with Crippen LogP contribution in [0.4, 0.5) is 16.2 Å². The number of carbonyl (C=O) groups excluding carboxylic acids is 3. The standard InChI is InChI=1S/C19H22N4O5/c1-18(2,3)22-16(25)19(15(24)20-17(22)26)10-11-9-12(23(27)28)6-7-13(11)21-8-4-5-14(19)21/h6-7,9,14H,4-5,8,10H2,1-3H3,(H,20,24,26)/t14-,19+/m0/s1. The van der Waals surface area contributed by atoms with Gasteiger partial charge >= 0.3 is 6.03 Å². The third-order valence-corrected chi connectivity index (χ3v) is 5.96. The molecule has 0 aromatic heterocycles. The molecule has 1 aromatic carbocycles. The number of nitro groups is 1. The van der Waals surface area contributed by atoms with Crippen LogP contribution in [0, 0.1) is 15.5 Å². The van der Waals surface area contributed by atoms with Crippen LogP contribution in [0.5, 0.6) is 0 Å². The van der Waals surface area contributed by atoms with Crippen molar-refractivity contribution in [2.24, 2.45) is 5.41 Å². The Bertz CT molecular complexity index is 921. The SMILES string of the molecule is CC(C)(C)N1C(=O)NC(=O)[C@]2(Cc3cc([N+](=O)[O-])ccc3N3CCC[C@H]32)C1=O. The second-order valence-corrected chi connectivity index (χ2v) is 8.64. The van der Waals surface area contributed by atoms with Crippen molar-refractivity contribution in [1.82, 2.24) is 10.2 Å². The van der Waals surface area contributed by atoms with Gasteiger partial charge in [-0.3, -0.25) is 29.9 Å². The van der Waals surface area contributed by atoms with E-state index in [1.165, 1.54) is 12.1 Å². The Morgan fingerprint density at radius 3 is 2.61 bits per heavy atom. The first kappa shape index (κ1) is 18.4. The predicted octanol–water partition coefficient (Wildman–Crippen LogP) is 1.98. The number of benzene rings is 1. The highest BCUT2D eigenvalue weighted by Gasteiger charge is 2.64. The van der Waals surface area contributed by atoms with E-state index in [9.17, 15) is 24.5 Å². The number of amides is 4. The quantitative estimate of drug-likeness (QED) is 0.449. The molecule has 2 fully saturated rings. The number of fused-ring (bicyclic) bond motifs is 4. The first-order valence-electron chi connectivity index (χ1n) is 9.31. The minimum atomic E-state index is -1.47. The second kappa shape index (κ2) is 5.76. The van der Waals surface area contributed by atoms with Crippen molar-refractivity contribution in [3.63, 3.8) is 0 Å². The highest BCUT2D eigenvalue weighted by atomic mass is 16.6. The number of hydrogen-bond acceptors (Lipinski definition) is 6.